The van der Waals surface area contributed by atoms with Gasteiger partial charge in [0.2, 0.25) is 11.8 Å². The minimum Gasteiger partial charge on any atom is -0.444 e. The molecule has 1 aromatic rings. The van der Waals surface area contributed by atoms with Crippen molar-refractivity contribution in [2.75, 3.05) is 6.54 Å². The van der Waals surface area contributed by atoms with Gasteiger partial charge in [-0.15, -0.1) is 0 Å². The van der Waals surface area contributed by atoms with Crippen LogP contribution in [0.3, 0.4) is 0 Å². The number of nitrogens with zero attached hydrogens (tertiary/aromatic N) is 1. The molecule has 0 radical (unpaired) electrons. The Morgan fingerprint density at radius 2 is 1.72 bits per heavy atom. The monoisotopic (exact) mass is 543 g/mol. The molecule has 0 aromatic heterocycles. The molecular weight excluding hydrogens is 490 g/mol. The van der Waals surface area contributed by atoms with Crippen molar-refractivity contribution >= 4 is 17.9 Å². The molecule has 0 saturated heterocycles. The predicted molar refractivity (Wildman–Crippen MR) is 158 cm³/mol. The van der Waals surface area contributed by atoms with Crippen LogP contribution in [-0.4, -0.2) is 47.0 Å². The van der Waals surface area contributed by atoms with Crippen LogP contribution in [0, 0.1) is 19.8 Å². The Bertz CT molecular complexity index is 949. The molecule has 0 spiro atoms. The van der Waals surface area contributed by atoms with Crippen LogP contribution in [0.1, 0.15) is 122 Å². The van der Waals surface area contributed by atoms with E-state index in [1.54, 1.807) is 25.7 Å². The first-order valence-electron chi connectivity index (χ1n) is 15.1. The zero-order valence-corrected chi connectivity index (χ0v) is 25.7. The molecule has 1 aliphatic carbocycles. The highest BCUT2D eigenvalue weighted by Crippen LogP contribution is 2.30. The Morgan fingerprint density at radius 3 is 2.31 bits per heavy atom. The second-order valence-electron chi connectivity index (χ2n) is 12.3. The Kier molecular flexibility index (Phi) is 12.8. The second-order valence-corrected chi connectivity index (χ2v) is 12.3. The zero-order valence-electron chi connectivity index (χ0n) is 25.7. The van der Waals surface area contributed by atoms with Gasteiger partial charge in [0.1, 0.15) is 17.7 Å². The fourth-order valence-corrected chi connectivity index (χ4v) is 5.24. The molecule has 3 atom stereocenters. The van der Waals surface area contributed by atoms with Crippen molar-refractivity contribution < 1.29 is 19.1 Å². The number of amides is 3. The standard InChI is InChI=1S/C32H53N3O4/c1-9-11-15-21-35(30(37)27(22(3)10-2)34-31(38)39-32(6,7)8)28(26-20-16-17-23(4)24(26)5)29(36)33-25-18-13-12-14-19-25/h16-17,20,22,25,27-28H,9-15,18-19,21H2,1-8H3,(H,33,36)(H,34,38). The van der Waals surface area contributed by atoms with Gasteiger partial charge in [0, 0.05) is 12.6 Å². The minimum atomic E-state index is -0.804. The summed E-state index contributed by atoms with van der Waals surface area (Å²) >= 11 is 0. The van der Waals surface area contributed by atoms with E-state index >= 15 is 0 Å². The van der Waals surface area contributed by atoms with Crippen molar-refractivity contribution in [3.63, 3.8) is 0 Å². The number of carbonyl (C=O) groups excluding carboxylic acids is 3. The van der Waals surface area contributed by atoms with Crippen molar-refractivity contribution in [3.05, 3.63) is 34.9 Å². The van der Waals surface area contributed by atoms with E-state index in [0.29, 0.717) is 13.0 Å². The van der Waals surface area contributed by atoms with Gasteiger partial charge in [-0.3, -0.25) is 9.59 Å². The molecule has 39 heavy (non-hydrogen) atoms. The van der Waals surface area contributed by atoms with Gasteiger partial charge < -0.3 is 20.3 Å². The quantitative estimate of drug-likeness (QED) is 0.285. The normalized spacial score (nSPS) is 16.6. The molecule has 0 aliphatic heterocycles. The number of aryl methyl sites for hydroxylation is 1. The van der Waals surface area contributed by atoms with Gasteiger partial charge in [-0.25, -0.2) is 4.79 Å². The SMILES string of the molecule is CCCCCN(C(=O)C(NC(=O)OC(C)(C)C)C(C)CC)C(C(=O)NC1CCCCC1)c1cccc(C)c1C. The largest absolute Gasteiger partial charge is 0.444 e. The highest BCUT2D eigenvalue weighted by molar-refractivity contribution is 5.92. The van der Waals surface area contributed by atoms with Crippen LogP contribution in [0.4, 0.5) is 4.79 Å². The molecule has 1 saturated carbocycles. The Labute approximate surface area is 236 Å². The number of benzene rings is 1. The average molecular weight is 544 g/mol. The van der Waals surface area contributed by atoms with Gasteiger partial charge in [-0.2, -0.15) is 0 Å². The van der Waals surface area contributed by atoms with E-state index in [-0.39, 0.29) is 23.8 Å². The zero-order chi connectivity index (χ0) is 29.2. The van der Waals surface area contributed by atoms with Crippen LogP contribution >= 0.6 is 0 Å². The highest BCUT2D eigenvalue weighted by atomic mass is 16.6. The van der Waals surface area contributed by atoms with E-state index in [1.165, 1.54) is 6.42 Å². The van der Waals surface area contributed by atoms with Crippen molar-refractivity contribution in [2.45, 2.75) is 137 Å². The van der Waals surface area contributed by atoms with Gasteiger partial charge in [0.15, 0.2) is 0 Å². The van der Waals surface area contributed by atoms with Crippen molar-refractivity contribution in [2.24, 2.45) is 5.92 Å². The third-order valence-corrected chi connectivity index (χ3v) is 7.89. The summed E-state index contributed by atoms with van der Waals surface area (Å²) in [6.07, 6.45) is 8.12. The number of rotatable bonds is 12. The average Bonchev–Trinajstić information content (AvgIpc) is 2.87. The smallest absolute Gasteiger partial charge is 0.408 e. The van der Waals surface area contributed by atoms with Crippen molar-refractivity contribution in [1.29, 1.82) is 0 Å². The molecule has 2 rings (SSSR count). The number of unbranched alkanes of at least 4 members (excludes halogenated alkanes) is 2. The second kappa shape index (κ2) is 15.3. The fourth-order valence-electron chi connectivity index (χ4n) is 5.24. The number of hydrogen-bond donors (Lipinski definition) is 2. The van der Waals surface area contributed by atoms with Crippen LogP contribution in [0.15, 0.2) is 18.2 Å². The third kappa shape index (κ3) is 9.84. The topological polar surface area (TPSA) is 87.7 Å². The van der Waals surface area contributed by atoms with E-state index in [0.717, 1.165) is 61.6 Å². The number of nitrogens with one attached hydrogen (secondary N) is 2. The fraction of sp³-hybridized carbons (Fsp3) is 0.719. The van der Waals surface area contributed by atoms with Gasteiger partial charge in [-0.1, -0.05) is 77.5 Å². The van der Waals surface area contributed by atoms with E-state index in [4.69, 9.17) is 4.74 Å². The first kappa shape index (κ1) is 32.6. The predicted octanol–water partition coefficient (Wildman–Crippen LogP) is 6.75. The van der Waals surface area contributed by atoms with E-state index in [2.05, 4.69) is 17.6 Å². The van der Waals surface area contributed by atoms with Gasteiger partial charge in [0.05, 0.1) is 0 Å². The maximum atomic E-state index is 14.4. The summed E-state index contributed by atoms with van der Waals surface area (Å²) in [5, 5.41) is 6.16. The van der Waals surface area contributed by atoms with Crippen LogP contribution in [0.2, 0.25) is 0 Å². The molecule has 2 N–H and O–H groups in total. The number of carbonyl (C=O) groups is 3. The molecule has 7 nitrogen and oxygen atoms in total. The first-order valence-corrected chi connectivity index (χ1v) is 15.1. The molecule has 1 fully saturated rings. The highest BCUT2D eigenvalue weighted by Gasteiger charge is 2.39. The minimum absolute atomic E-state index is 0.122. The van der Waals surface area contributed by atoms with Crippen molar-refractivity contribution in [3.8, 4) is 0 Å². The molecule has 3 unspecified atom stereocenters. The Morgan fingerprint density at radius 1 is 1.05 bits per heavy atom. The van der Waals surface area contributed by atoms with E-state index < -0.39 is 23.8 Å². The van der Waals surface area contributed by atoms with Gasteiger partial charge in [0.25, 0.3) is 0 Å². The summed E-state index contributed by atoms with van der Waals surface area (Å²) < 4.78 is 5.52. The van der Waals surface area contributed by atoms with Crippen LogP contribution in [0.5, 0.6) is 0 Å². The van der Waals surface area contributed by atoms with E-state index in [1.807, 2.05) is 45.9 Å². The summed E-state index contributed by atoms with van der Waals surface area (Å²) in [6, 6.07) is 4.50. The molecule has 0 heterocycles. The number of ether oxygens (including phenoxy) is 1. The molecule has 1 aliphatic rings. The Balaban J connectivity index is 2.54. The molecule has 3 amide bonds. The maximum Gasteiger partial charge on any atom is 0.408 e. The summed E-state index contributed by atoms with van der Waals surface area (Å²) in [6.45, 7) is 16.0. The molecular formula is C32H53N3O4. The van der Waals surface area contributed by atoms with Crippen LogP contribution < -0.4 is 10.6 Å². The summed E-state index contributed by atoms with van der Waals surface area (Å²) in [4.78, 5) is 43.1. The summed E-state index contributed by atoms with van der Waals surface area (Å²) in [7, 11) is 0. The van der Waals surface area contributed by atoms with Gasteiger partial charge in [-0.05, 0) is 76.5 Å². The summed E-state index contributed by atoms with van der Waals surface area (Å²) in [5.74, 6) is -0.518. The lowest BCUT2D eigenvalue weighted by atomic mass is 9.91. The lowest BCUT2D eigenvalue weighted by Gasteiger charge is -2.37. The number of alkyl carbamates (subject to hydrolysis) is 1. The number of hydrogen-bond acceptors (Lipinski definition) is 4. The molecule has 1 aromatic carbocycles. The Hall–Kier alpha value is -2.57. The molecule has 0 bridgehead atoms. The third-order valence-electron chi connectivity index (χ3n) is 7.89. The molecule has 220 valence electrons. The first-order chi connectivity index (χ1) is 18.4. The lowest BCUT2D eigenvalue weighted by molar-refractivity contribution is -0.144. The van der Waals surface area contributed by atoms with Crippen LogP contribution in [-0.2, 0) is 14.3 Å². The maximum absolute atomic E-state index is 14.4. The van der Waals surface area contributed by atoms with Crippen LogP contribution in [0.25, 0.3) is 0 Å². The van der Waals surface area contributed by atoms with Crippen molar-refractivity contribution in [1.82, 2.24) is 15.5 Å². The molecule has 7 heteroatoms. The summed E-state index contributed by atoms with van der Waals surface area (Å²) in [5.41, 5.74) is 2.24. The van der Waals surface area contributed by atoms with Gasteiger partial charge >= 0.3 is 6.09 Å². The lowest BCUT2D eigenvalue weighted by Crippen LogP contribution is -2.56. The van der Waals surface area contributed by atoms with E-state index in [9.17, 15) is 14.4 Å².